The van der Waals surface area contributed by atoms with Crippen molar-refractivity contribution in [1.82, 2.24) is 0 Å². The second-order valence-corrected chi connectivity index (χ2v) is 4.18. The Bertz CT molecular complexity index is 439. The molecule has 1 aromatic rings. The van der Waals surface area contributed by atoms with Crippen LogP contribution in [-0.2, 0) is 12.6 Å². The normalized spacial score (nSPS) is 15.9. The molecule has 1 nitrogen and oxygen atoms in total. The molecule has 16 heavy (non-hydrogen) atoms. The van der Waals surface area contributed by atoms with Crippen LogP contribution in [0.3, 0.4) is 0 Å². The molecule has 0 heterocycles. The van der Waals surface area contributed by atoms with E-state index < -0.39 is 11.7 Å². The summed E-state index contributed by atoms with van der Waals surface area (Å²) in [5.74, 6) is 0.509. The molecular formula is C12H10F3N. The highest BCUT2D eigenvalue weighted by molar-refractivity contribution is 5.39. The molecule has 4 heteroatoms. The molecule has 1 aromatic carbocycles. The van der Waals surface area contributed by atoms with E-state index in [1.807, 2.05) is 0 Å². The van der Waals surface area contributed by atoms with E-state index in [1.54, 1.807) is 12.1 Å². The Balaban J connectivity index is 2.34. The monoisotopic (exact) mass is 225 g/mol. The topological polar surface area (TPSA) is 23.8 Å². The quantitative estimate of drug-likeness (QED) is 0.755. The van der Waals surface area contributed by atoms with Crippen LogP contribution in [0, 0.1) is 17.2 Å². The number of hydrogen-bond donors (Lipinski definition) is 0. The van der Waals surface area contributed by atoms with Gasteiger partial charge in [0.15, 0.2) is 0 Å². The summed E-state index contributed by atoms with van der Waals surface area (Å²) in [5.41, 5.74) is -0.0125. The van der Waals surface area contributed by atoms with Gasteiger partial charge in [-0.05, 0) is 48.9 Å². The second-order valence-electron chi connectivity index (χ2n) is 4.18. The maximum Gasteiger partial charge on any atom is 0.416 e. The highest BCUT2D eigenvalue weighted by Crippen LogP contribution is 2.35. The van der Waals surface area contributed by atoms with E-state index in [4.69, 9.17) is 5.26 Å². The van der Waals surface area contributed by atoms with Crippen LogP contribution in [0.4, 0.5) is 13.2 Å². The number of hydrogen-bond acceptors (Lipinski definition) is 1. The van der Waals surface area contributed by atoms with Crippen LogP contribution in [0.1, 0.15) is 29.5 Å². The summed E-state index contributed by atoms with van der Waals surface area (Å²) in [5, 5.41) is 8.68. The molecule has 0 atom stereocenters. The van der Waals surface area contributed by atoms with Crippen molar-refractivity contribution in [3.8, 4) is 6.07 Å². The molecule has 0 amide bonds. The first-order valence-corrected chi connectivity index (χ1v) is 5.10. The van der Waals surface area contributed by atoms with E-state index >= 15 is 0 Å². The van der Waals surface area contributed by atoms with Crippen LogP contribution in [0.15, 0.2) is 18.2 Å². The van der Waals surface area contributed by atoms with E-state index in [9.17, 15) is 13.2 Å². The molecule has 2 rings (SSSR count). The summed E-state index contributed by atoms with van der Waals surface area (Å²) < 4.78 is 37.6. The van der Waals surface area contributed by atoms with E-state index in [1.165, 1.54) is 0 Å². The van der Waals surface area contributed by atoms with Crippen LogP contribution >= 0.6 is 0 Å². The van der Waals surface area contributed by atoms with Gasteiger partial charge in [-0.15, -0.1) is 0 Å². The van der Waals surface area contributed by atoms with Gasteiger partial charge in [-0.25, -0.2) is 0 Å². The Labute approximate surface area is 91.5 Å². The minimum atomic E-state index is -4.37. The minimum Gasteiger partial charge on any atom is -0.192 e. The van der Waals surface area contributed by atoms with Crippen molar-refractivity contribution in [1.29, 1.82) is 5.26 Å². The maximum absolute atomic E-state index is 12.5. The van der Waals surface area contributed by atoms with Crippen LogP contribution in [0.5, 0.6) is 0 Å². The van der Waals surface area contributed by atoms with Gasteiger partial charge in [0.05, 0.1) is 17.2 Å². The first-order valence-electron chi connectivity index (χ1n) is 5.10. The molecule has 0 aromatic heterocycles. The largest absolute Gasteiger partial charge is 0.416 e. The minimum absolute atomic E-state index is 0.0884. The maximum atomic E-state index is 12.5. The second kappa shape index (κ2) is 3.82. The third-order valence-corrected chi connectivity index (χ3v) is 2.67. The van der Waals surface area contributed by atoms with E-state index in [0.717, 1.165) is 25.0 Å². The fourth-order valence-electron chi connectivity index (χ4n) is 1.69. The standard InChI is InChI=1S/C12H10F3N/c13-12(14,15)11-5-9(3-8-1-2-8)4-10(6-11)7-16/h4-6,8H,1-3H2. The lowest BCUT2D eigenvalue weighted by Crippen LogP contribution is -2.06. The number of benzene rings is 1. The van der Waals surface area contributed by atoms with Crippen LogP contribution in [0.25, 0.3) is 0 Å². The SMILES string of the molecule is N#Cc1cc(CC2CC2)cc(C(F)(F)F)c1. The van der Waals surface area contributed by atoms with Crippen molar-refractivity contribution < 1.29 is 13.2 Å². The van der Waals surface area contributed by atoms with Gasteiger partial charge in [0.25, 0.3) is 0 Å². The van der Waals surface area contributed by atoms with Crippen molar-refractivity contribution in [2.24, 2.45) is 5.92 Å². The summed E-state index contributed by atoms with van der Waals surface area (Å²) in [6.45, 7) is 0. The van der Waals surface area contributed by atoms with Gasteiger partial charge in [0.1, 0.15) is 0 Å². The highest BCUT2D eigenvalue weighted by atomic mass is 19.4. The molecule has 0 saturated heterocycles. The molecule has 0 aliphatic heterocycles. The van der Waals surface area contributed by atoms with Gasteiger partial charge < -0.3 is 0 Å². The van der Waals surface area contributed by atoms with Gasteiger partial charge in [0.2, 0.25) is 0 Å². The Hall–Kier alpha value is -1.50. The first kappa shape index (κ1) is 11.0. The molecular weight excluding hydrogens is 215 g/mol. The summed E-state index contributed by atoms with van der Waals surface area (Å²) in [7, 11) is 0. The lowest BCUT2D eigenvalue weighted by molar-refractivity contribution is -0.137. The lowest BCUT2D eigenvalue weighted by Gasteiger charge is -2.09. The highest BCUT2D eigenvalue weighted by Gasteiger charge is 2.31. The number of halogens is 3. The van der Waals surface area contributed by atoms with Gasteiger partial charge >= 0.3 is 6.18 Å². The fraction of sp³-hybridized carbons (Fsp3) is 0.417. The number of alkyl halides is 3. The average Bonchev–Trinajstić information content (AvgIpc) is 3.00. The van der Waals surface area contributed by atoms with Crippen LogP contribution in [0.2, 0.25) is 0 Å². The lowest BCUT2D eigenvalue weighted by atomic mass is 10.0. The molecule has 0 radical (unpaired) electrons. The number of rotatable bonds is 2. The summed E-state index contributed by atoms with van der Waals surface area (Å²) in [4.78, 5) is 0. The van der Waals surface area contributed by atoms with E-state index in [2.05, 4.69) is 0 Å². The molecule has 0 spiro atoms. The molecule has 0 unspecified atom stereocenters. The first-order chi connectivity index (χ1) is 7.49. The van der Waals surface area contributed by atoms with Crippen molar-refractivity contribution in [2.75, 3.05) is 0 Å². The fourth-order valence-corrected chi connectivity index (χ4v) is 1.69. The molecule has 84 valence electrons. The van der Waals surface area contributed by atoms with Gasteiger partial charge in [-0.2, -0.15) is 18.4 Å². The zero-order valence-electron chi connectivity index (χ0n) is 8.51. The molecule has 0 N–H and O–H groups in total. The summed E-state index contributed by atoms with van der Waals surface area (Å²) in [6, 6.07) is 5.37. The van der Waals surface area contributed by atoms with Crippen LogP contribution < -0.4 is 0 Å². The van der Waals surface area contributed by atoms with Gasteiger partial charge in [-0.1, -0.05) is 0 Å². The zero-order valence-corrected chi connectivity index (χ0v) is 8.51. The number of nitrogens with zero attached hydrogens (tertiary/aromatic N) is 1. The van der Waals surface area contributed by atoms with Crippen LogP contribution in [-0.4, -0.2) is 0 Å². The van der Waals surface area contributed by atoms with Gasteiger partial charge in [-0.3, -0.25) is 0 Å². The predicted molar refractivity (Wildman–Crippen MR) is 52.6 cm³/mol. The Morgan fingerprint density at radius 1 is 1.25 bits per heavy atom. The zero-order chi connectivity index (χ0) is 11.8. The smallest absolute Gasteiger partial charge is 0.192 e. The Morgan fingerprint density at radius 3 is 2.44 bits per heavy atom. The van der Waals surface area contributed by atoms with E-state index in [-0.39, 0.29) is 5.56 Å². The third kappa shape index (κ3) is 2.54. The predicted octanol–water partition coefficient (Wildman–Crippen LogP) is 3.53. The number of nitriles is 1. The Kier molecular flexibility index (Phi) is 2.63. The molecule has 1 aliphatic carbocycles. The molecule has 1 saturated carbocycles. The van der Waals surface area contributed by atoms with Crippen molar-refractivity contribution in [3.63, 3.8) is 0 Å². The summed E-state index contributed by atoms with van der Waals surface area (Å²) in [6.07, 6.45) is -1.56. The van der Waals surface area contributed by atoms with Crippen molar-refractivity contribution in [2.45, 2.75) is 25.4 Å². The molecule has 1 fully saturated rings. The van der Waals surface area contributed by atoms with Gasteiger partial charge in [0, 0.05) is 0 Å². The summed E-state index contributed by atoms with van der Waals surface area (Å²) >= 11 is 0. The Morgan fingerprint density at radius 2 is 1.94 bits per heavy atom. The average molecular weight is 225 g/mol. The molecule has 1 aliphatic rings. The van der Waals surface area contributed by atoms with Crippen molar-refractivity contribution >= 4 is 0 Å². The molecule has 0 bridgehead atoms. The van der Waals surface area contributed by atoms with Crippen molar-refractivity contribution in [3.05, 3.63) is 34.9 Å². The third-order valence-electron chi connectivity index (χ3n) is 2.67. The van der Waals surface area contributed by atoms with E-state index in [0.29, 0.717) is 17.9 Å².